The Morgan fingerprint density at radius 2 is 1.86 bits per heavy atom. The zero-order valence-corrected chi connectivity index (χ0v) is 17.2. The molecule has 28 heavy (non-hydrogen) atoms. The highest BCUT2D eigenvalue weighted by Crippen LogP contribution is 2.27. The second-order valence-corrected chi connectivity index (χ2v) is 8.09. The molecule has 0 aliphatic rings. The number of nitrogens with one attached hydrogen (secondary N) is 1. The molecule has 8 heteroatoms. The third-order valence-corrected chi connectivity index (χ3v) is 4.57. The van der Waals surface area contributed by atoms with Crippen molar-refractivity contribution in [2.45, 2.75) is 32.7 Å². The van der Waals surface area contributed by atoms with Crippen molar-refractivity contribution in [2.75, 3.05) is 13.7 Å². The third-order valence-electron chi connectivity index (χ3n) is 3.94. The van der Waals surface area contributed by atoms with Gasteiger partial charge in [0.25, 0.3) is 5.91 Å². The first kappa shape index (κ1) is 21.7. The third kappa shape index (κ3) is 6.54. The van der Waals surface area contributed by atoms with Gasteiger partial charge in [-0.3, -0.25) is 4.79 Å². The van der Waals surface area contributed by atoms with Gasteiger partial charge in [-0.05, 0) is 40.8 Å². The number of benzene rings is 2. The van der Waals surface area contributed by atoms with Gasteiger partial charge < -0.3 is 27.9 Å². The maximum absolute atomic E-state index is 12.0. The molecule has 2 aromatic carbocycles. The molecule has 7 nitrogen and oxygen atoms in total. The second-order valence-electron chi connectivity index (χ2n) is 7.14. The Labute approximate surface area is 167 Å². The standard InChI is InChI=1S/C20H25N2O5S/c1-20(2,3)15-6-8-16(9-7-15)27-13-19(24)21-12-14-5-10-17(18(23)11-14)22-28(25)26-4/h5-11,23H,12-13H2,1-4H3,(H,21,24)/q-1. The zero-order chi connectivity index (χ0) is 20.7. The molecule has 0 saturated carbocycles. The number of nitrogens with zero attached hydrogens (tertiary/aromatic N) is 1. The maximum Gasteiger partial charge on any atom is 0.258 e. The van der Waals surface area contributed by atoms with Crippen LogP contribution in [-0.2, 0) is 36.0 Å². The van der Waals surface area contributed by atoms with Gasteiger partial charge in [-0.1, -0.05) is 49.8 Å². The lowest BCUT2D eigenvalue weighted by atomic mass is 9.87. The first-order valence-corrected chi connectivity index (χ1v) is 9.72. The highest BCUT2D eigenvalue weighted by atomic mass is 32.2. The number of hydrogen-bond acceptors (Lipinski definition) is 7. The average Bonchev–Trinajstić information content (AvgIpc) is 2.66. The highest BCUT2D eigenvalue weighted by molar-refractivity contribution is 7.69. The quantitative estimate of drug-likeness (QED) is 0.684. The minimum atomic E-state index is -1.85. The Kier molecular flexibility index (Phi) is 7.42. The van der Waals surface area contributed by atoms with Gasteiger partial charge in [-0.2, -0.15) is 0 Å². The van der Waals surface area contributed by atoms with Crippen LogP contribution in [-0.4, -0.2) is 24.7 Å². The number of phenolic OH excluding ortho intramolecular Hbond substituents is 1. The summed E-state index contributed by atoms with van der Waals surface area (Å²) in [4.78, 5) is 12.0. The van der Waals surface area contributed by atoms with E-state index in [4.69, 9.17) is 4.74 Å². The van der Waals surface area contributed by atoms with Crippen molar-refractivity contribution in [1.29, 1.82) is 0 Å². The van der Waals surface area contributed by atoms with Gasteiger partial charge in [-0.15, -0.1) is 0 Å². The van der Waals surface area contributed by atoms with Gasteiger partial charge in [0, 0.05) is 13.7 Å². The lowest BCUT2D eigenvalue weighted by Gasteiger charge is -2.19. The molecule has 2 aromatic rings. The molecule has 2 N–H and O–H groups in total. The van der Waals surface area contributed by atoms with Crippen LogP contribution >= 0.6 is 0 Å². The summed E-state index contributed by atoms with van der Waals surface area (Å²) in [6, 6.07) is 12.3. The summed E-state index contributed by atoms with van der Waals surface area (Å²) in [6.07, 6.45) is 0. The molecule has 0 bridgehead atoms. The number of aromatic hydroxyl groups is 1. The zero-order valence-electron chi connectivity index (χ0n) is 16.4. The number of hydrogen-bond donors (Lipinski definition) is 2. The van der Waals surface area contributed by atoms with Crippen molar-refractivity contribution in [1.82, 2.24) is 5.32 Å². The van der Waals surface area contributed by atoms with Crippen molar-refractivity contribution >= 4 is 22.5 Å². The van der Waals surface area contributed by atoms with Crippen LogP contribution in [0.15, 0.2) is 46.8 Å². The lowest BCUT2D eigenvalue weighted by molar-refractivity contribution is -0.123. The summed E-state index contributed by atoms with van der Waals surface area (Å²) in [7, 11) is -0.603. The van der Waals surface area contributed by atoms with E-state index in [-0.39, 0.29) is 35.9 Å². The van der Waals surface area contributed by atoms with E-state index in [0.29, 0.717) is 11.3 Å². The normalized spacial score (nSPS) is 12.6. The molecule has 1 amide bonds. The van der Waals surface area contributed by atoms with Gasteiger partial charge in [0.05, 0.1) is 5.69 Å². The van der Waals surface area contributed by atoms with Crippen molar-refractivity contribution in [3.63, 3.8) is 0 Å². The van der Waals surface area contributed by atoms with E-state index in [9.17, 15) is 14.1 Å². The molecular formula is C20H25N2O5S-. The van der Waals surface area contributed by atoms with Gasteiger partial charge in [0.2, 0.25) is 0 Å². The SMILES string of the molecule is CO[S-](=O)=Nc1ccc(CNC(=O)COc2ccc(C(C)(C)C)cc2)cc1O. The maximum atomic E-state index is 12.0. The molecule has 0 aromatic heterocycles. The van der Waals surface area contributed by atoms with E-state index in [1.807, 2.05) is 24.3 Å². The van der Waals surface area contributed by atoms with Gasteiger partial charge in [-0.25, -0.2) is 0 Å². The first-order chi connectivity index (χ1) is 13.2. The van der Waals surface area contributed by atoms with E-state index in [2.05, 4.69) is 34.6 Å². The molecule has 152 valence electrons. The predicted octanol–water partition coefficient (Wildman–Crippen LogP) is 3.73. The van der Waals surface area contributed by atoms with Crippen LogP contribution in [0.25, 0.3) is 0 Å². The molecule has 0 atom stereocenters. The Bertz CT molecular complexity index is 898. The fourth-order valence-electron chi connectivity index (χ4n) is 2.33. The topological polar surface area (TPSA) is 97.2 Å². The van der Waals surface area contributed by atoms with Crippen LogP contribution in [0.2, 0.25) is 0 Å². The fraction of sp³-hybridized carbons (Fsp3) is 0.350. The van der Waals surface area contributed by atoms with Crippen LogP contribution in [0.4, 0.5) is 5.69 Å². The average molecular weight is 405 g/mol. The molecule has 0 heterocycles. The molecule has 2 rings (SSSR count). The number of rotatable bonds is 7. The van der Waals surface area contributed by atoms with E-state index in [0.717, 1.165) is 0 Å². The molecule has 0 unspecified atom stereocenters. The second kappa shape index (κ2) is 9.57. The number of ether oxygens (including phenoxy) is 1. The van der Waals surface area contributed by atoms with E-state index in [1.54, 1.807) is 6.07 Å². The Hall–Kier alpha value is -2.58. The van der Waals surface area contributed by atoms with Crippen molar-refractivity contribution in [3.05, 3.63) is 53.6 Å². The van der Waals surface area contributed by atoms with Gasteiger partial charge in [0.1, 0.15) is 11.5 Å². The number of carbonyl (C=O) groups is 1. The Morgan fingerprint density at radius 1 is 1.18 bits per heavy atom. The van der Waals surface area contributed by atoms with E-state index in [1.165, 1.54) is 24.8 Å². The molecular weight excluding hydrogens is 380 g/mol. The van der Waals surface area contributed by atoms with E-state index < -0.39 is 10.9 Å². The number of carbonyl (C=O) groups excluding carboxylic acids is 1. The minimum Gasteiger partial charge on any atom is -0.506 e. The lowest BCUT2D eigenvalue weighted by Crippen LogP contribution is -2.28. The number of amides is 1. The smallest absolute Gasteiger partial charge is 0.258 e. The predicted molar refractivity (Wildman–Crippen MR) is 108 cm³/mol. The van der Waals surface area contributed by atoms with Gasteiger partial charge in [0.15, 0.2) is 6.61 Å². The molecule has 0 fully saturated rings. The Balaban J connectivity index is 1.85. The summed E-state index contributed by atoms with van der Waals surface area (Å²) in [5, 5.41) is 12.6. The van der Waals surface area contributed by atoms with Crippen LogP contribution in [0.1, 0.15) is 31.9 Å². The molecule has 0 radical (unpaired) electrons. The highest BCUT2D eigenvalue weighted by Gasteiger charge is 2.13. The number of phenols is 1. The fourth-order valence-corrected chi connectivity index (χ4v) is 2.71. The summed E-state index contributed by atoms with van der Waals surface area (Å²) in [5.41, 5.74) is 2.07. The summed E-state index contributed by atoms with van der Waals surface area (Å²) in [5.74, 6) is 0.193. The van der Waals surface area contributed by atoms with Crippen LogP contribution in [0, 0.1) is 0 Å². The van der Waals surface area contributed by atoms with Crippen molar-refractivity contribution < 1.29 is 23.0 Å². The molecule has 0 spiro atoms. The van der Waals surface area contributed by atoms with Crippen molar-refractivity contribution in [3.8, 4) is 11.5 Å². The minimum absolute atomic E-state index is 0.0584. The van der Waals surface area contributed by atoms with Crippen molar-refractivity contribution in [2.24, 2.45) is 4.36 Å². The summed E-state index contributed by atoms with van der Waals surface area (Å²) < 4.78 is 24.9. The van der Waals surface area contributed by atoms with Crippen LogP contribution in [0.3, 0.4) is 0 Å². The summed E-state index contributed by atoms with van der Waals surface area (Å²) in [6.45, 7) is 6.50. The van der Waals surface area contributed by atoms with Crippen LogP contribution in [0.5, 0.6) is 11.5 Å². The molecule has 0 aliphatic carbocycles. The van der Waals surface area contributed by atoms with E-state index >= 15 is 0 Å². The summed E-state index contributed by atoms with van der Waals surface area (Å²) >= 11 is 0. The molecule has 0 aliphatic heterocycles. The Morgan fingerprint density at radius 3 is 2.43 bits per heavy atom. The molecule has 0 saturated heterocycles. The monoisotopic (exact) mass is 405 g/mol. The first-order valence-electron chi connectivity index (χ1n) is 8.69. The van der Waals surface area contributed by atoms with Crippen LogP contribution < -0.4 is 10.1 Å². The van der Waals surface area contributed by atoms with Gasteiger partial charge >= 0.3 is 0 Å². The largest absolute Gasteiger partial charge is 0.506 e.